The van der Waals surface area contributed by atoms with Gasteiger partial charge < -0.3 is 10.6 Å². The predicted molar refractivity (Wildman–Crippen MR) is 76.2 cm³/mol. The van der Waals surface area contributed by atoms with Gasteiger partial charge in [-0.15, -0.1) is 0 Å². The van der Waals surface area contributed by atoms with E-state index in [0.29, 0.717) is 18.9 Å². The number of hydrogen-bond acceptors (Lipinski definition) is 2. The van der Waals surface area contributed by atoms with Crippen LogP contribution in [0.15, 0.2) is 28.7 Å². The summed E-state index contributed by atoms with van der Waals surface area (Å²) in [4.78, 5) is 14.0. The van der Waals surface area contributed by atoms with Crippen molar-refractivity contribution in [3.05, 3.63) is 34.3 Å². The van der Waals surface area contributed by atoms with Crippen molar-refractivity contribution in [2.45, 2.75) is 19.3 Å². The molecule has 1 aromatic rings. The number of likely N-dealkylation sites (tertiary alicyclic amines) is 1. The number of carbonyl (C=O) groups is 1. The maximum absolute atomic E-state index is 12.1. The summed E-state index contributed by atoms with van der Waals surface area (Å²) >= 11 is 3.51. The van der Waals surface area contributed by atoms with E-state index < -0.39 is 0 Å². The van der Waals surface area contributed by atoms with Crippen molar-refractivity contribution in [2.24, 2.45) is 11.7 Å². The van der Waals surface area contributed by atoms with Crippen LogP contribution in [0.2, 0.25) is 0 Å². The smallest absolute Gasteiger partial charge is 0.222 e. The lowest BCUT2D eigenvalue weighted by molar-refractivity contribution is -0.130. The van der Waals surface area contributed by atoms with E-state index in [0.717, 1.165) is 30.4 Å². The number of rotatable bonds is 4. The molecule has 1 amide bonds. The molecule has 3 nitrogen and oxygen atoms in total. The highest BCUT2D eigenvalue weighted by atomic mass is 79.9. The highest BCUT2D eigenvalue weighted by Crippen LogP contribution is 2.20. The Kier molecular flexibility index (Phi) is 4.78. The van der Waals surface area contributed by atoms with Crippen LogP contribution in [0.5, 0.6) is 0 Å². The third-order valence-electron chi connectivity index (χ3n) is 3.54. The lowest BCUT2D eigenvalue weighted by atomic mass is 10.1. The Balaban J connectivity index is 1.84. The number of aryl methyl sites for hydroxylation is 1. The van der Waals surface area contributed by atoms with E-state index in [1.165, 1.54) is 5.56 Å². The van der Waals surface area contributed by atoms with Gasteiger partial charge in [0.1, 0.15) is 0 Å². The minimum Gasteiger partial charge on any atom is -0.342 e. The van der Waals surface area contributed by atoms with Crippen LogP contribution >= 0.6 is 15.9 Å². The molecule has 0 spiro atoms. The zero-order valence-corrected chi connectivity index (χ0v) is 12.0. The molecule has 0 radical (unpaired) electrons. The molecule has 1 heterocycles. The molecule has 1 aliphatic heterocycles. The monoisotopic (exact) mass is 310 g/mol. The van der Waals surface area contributed by atoms with Crippen LogP contribution in [0.25, 0.3) is 0 Å². The normalized spacial score (nSPS) is 19.2. The number of benzene rings is 1. The summed E-state index contributed by atoms with van der Waals surface area (Å²) in [6.07, 6.45) is 2.43. The van der Waals surface area contributed by atoms with Gasteiger partial charge in [0.15, 0.2) is 0 Å². The second kappa shape index (κ2) is 6.34. The maximum atomic E-state index is 12.1. The SMILES string of the molecule is NC[C@H]1CCN(C(=O)CCc2ccccc2Br)C1. The molecular weight excluding hydrogens is 292 g/mol. The van der Waals surface area contributed by atoms with Gasteiger partial charge in [-0.1, -0.05) is 34.1 Å². The van der Waals surface area contributed by atoms with Gasteiger partial charge >= 0.3 is 0 Å². The molecule has 98 valence electrons. The molecule has 2 rings (SSSR count). The average molecular weight is 311 g/mol. The first kappa shape index (κ1) is 13.6. The van der Waals surface area contributed by atoms with Crippen molar-refractivity contribution in [2.75, 3.05) is 19.6 Å². The largest absolute Gasteiger partial charge is 0.342 e. The first-order valence-electron chi connectivity index (χ1n) is 6.42. The molecule has 1 saturated heterocycles. The zero-order valence-electron chi connectivity index (χ0n) is 10.4. The van der Waals surface area contributed by atoms with Crippen molar-refractivity contribution < 1.29 is 4.79 Å². The summed E-state index contributed by atoms with van der Waals surface area (Å²) in [5.41, 5.74) is 6.83. The Hall–Kier alpha value is -0.870. The molecular formula is C14H19BrN2O. The van der Waals surface area contributed by atoms with Crippen LogP contribution in [-0.2, 0) is 11.2 Å². The predicted octanol–water partition coefficient (Wildman–Crippen LogP) is 2.19. The number of halogens is 1. The zero-order chi connectivity index (χ0) is 13.0. The van der Waals surface area contributed by atoms with E-state index >= 15 is 0 Å². The standard InChI is InChI=1S/C14H19BrN2O/c15-13-4-2-1-3-12(13)5-6-14(18)17-8-7-11(9-16)10-17/h1-4,11H,5-10,16H2/t11-/m1/s1. The van der Waals surface area contributed by atoms with Crippen molar-refractivity contribution in [3.63, 3.8) is 0 Å². The fraction of sp³-hybridized carbons (Fsp3) is 0.500. The molecule has 1 aliphatic rings. The molecule has 0 unspecified atom stereocenters. The van der Waals surface area contributed by atoms with Crippen LogP contribution in [-0.4, -0.2) is 30.4 Å². The fourth-order valence-electron chi connectivity index (χ4n) is 2.35. The summed E-state index contributed by atoms with van der Waals surface area (Å²) in [5.74, 6) is 0.749. The number of nitrogens with zero attached hydrogens (tertiary/aromatic N) is 1. The van der Waals surface area contributed by atoms with Crippen molar-refractivity contribution in [3.8, 4) is 0 Å². The van der Waals surface area contributed by atoms with Crippen molar-refractivity contribution >= 4 is 21.8 Å². The number of amides is 1. The lowest BCUT2D eigenvalue weighted by Crippen LogP contribution is -2.30. The summed E-state index contributed by atoms with van der Waals surface area (Å²) < 4.78 is 1.08. The molecule has 4 heteroatoms. The highest BCUT2D eigenvalue weighted by molar-refractivity contribution is 9.10. The van der Waals surface area contributed by atoms with E-state index in [1.807, 2.05) is 23.1 Å². The van der Waals surface area contributed by atoms with E-state index in [2.05, 4.69) is 22.0 Å². The van der Waals surface area contributed by atoms with Crippen LogP contribution < -0.4 is 5.73 Å². The van der Waals surface area contributed by atoms with Crippen LogP contribution in [0.3, 0.4) is 0 Å². The van der Waals surface area contributed by atoms with E-state index in [-0.39, 0.29) is 5.91 Å². The Labute approximate surface area is 116 Å². The summed E-state index contributed by atoms with van der Waals surface area (Å²) in [6, 6.07) is 8.07. The number of nitrogens with two attached hydrogens (primary N) is 1. The van der Waals surface area contributed by atoms with Gasteiger partial charge in [-0.25, -0.2) is 0 Å². The van der Waals surface area contributed by atoms with Crippen molar-refractivity contribution in [1.82, 2.24) is 4.90 Å². The highest BCUT2D eigenvalue weighted by Gasteiger charge is 2.24. The number of hydrogen-bond donors (Lipinski definition) is 1. The molecule has 1 aromatic carbocycles. The molecule has 1 fully saturated rings. The Morgan fingerprint density at radius 3 is 2.89 bits per heavy atom. The van der Waals surface area contributed by atoms with E-state index in [1.54, 1.807) is 0 Å². The average Bonchev–Trinajstić information content (AvgIpc) is 2.86. The third-order valence-corrected chi connectivity index (χ3v) is 4.31. The first-order chi connectivity index (χ1) is 8.70. The topological polar surface area (TPSA) is 46.3 Å². The van der Waals surface area contributed by atoms with Crippen LogP contribution in [0, 0.1) is 5.92 Å². The first-order valence-corrected chi connectivity index (χ1v) is 7.21. The van der Waals surface area contributed by atoms with E-state index in [4.69, 9.17) is 5.73 Å². The molecule has 0 aromatic heterocycles. The molecule has 2 N–H and O–H groups in total. The Morgan fingerprint density at radius 2 is 2.22 bits per heavy atom. The summed E-state index contributed by atoms with van der Waals surface area (Å²) in [7, 11) is 0. The fourth-order valence-corrected chi connectivity index (χ4v) is 2.84. The summed E-state index contributed by atoms with van der Waals surface area (Å²) in [5, 5.41) is 0. The van der Waals surface area contributed by atoms with Crippen LogP contribution in [0.1, 0.15) is 18.4 Å². The second-order valence-corrected chi connectivity index (χ2v) is 5.68. The lowest BCUT2D eigenvalue weighted by Gasteiger charge is -2.16. The third kappa shape index (κ3) is 3.33. The molecule has 0 aliphatic carbocycles. The Morgan fingerprint density at radius 1 is 1.44 bits per heavy atom. The summed E-state index contributed by atoms with van der Waals surface area (Å²) in [6.45, 7) is 2.40. The van der Waals surface area contributed by atoms with Gasteiger partial charge in [-0.05, 0) is 36.9 Å². The quantitative estimate of drug-likeness (QED) is 0.926. The van der Waals surface area contributed by atoms with Gasteiger partial charge in [-0.2, -0.15) is 0 Å². The molecule has 18 heavy (non-hydrogen) atoms. The van der Waals surface area contributed by atoms with Crippen LogP contribution in [0.4, 0.5) is 0 Å². The number of carbonyl (C=O) groups excluding carboxylic acids is 1. The van der Waals surface area contributed by atoms with Crippen molar-refractivity contribution in [1.29, 1.82) is 0 Å². The van der Waals surface area contributed by atoms with Gasteiger partial charge in [0, 0.05) is 24.0 Å². The Bertz CT molecular complexity index is 422. The maximum Gasteiger partial charge on any atom is 0.222 e. The molecule has 0 bridgehead atoms. The van der Waals surface area contributed by atoms with E-state index in [9.17, 15) is 4.79 Å². The molecule has 0 saturated carbocycles. The van der Waals surface area contributed by atoms with Gasteiger partial charge in [0.2, 0.25) is 5.91 Å². The van der Waals surface area contributed by atoms with Gasteiger partial charge in [0.25, 0.3) is 0 Å². The second-order valence-electron chi connectivity index (χ2n) is 4.82. The minimum absolute atomic E-state index is 0.252. The van der Waals surface area contributed by atoms with Gasteiger partial charge in [-0.3, -0.25) is 4.79 Å². The minimum atomic E-state index is 0.252. The molecule has 1 atom stereocenters. The van der Waals surface area contributed by atoms with Gasteiger partial charge in [0.05, 0.1) is 0 Å².